The van der Waals surface area contributed by atoms with Gasteiger partial charge in [-0.15, -0.1) is 0 Å². The number of nitrogens with one attached hydrogen (secondary N) is 1. The number of rotatable bonds is 5. The van der Waals surface area contributed by atoms with Crippen LogP contribution in [0, 0.1) is 0 Å². The van der Waals surface area contributed by atoms with Gasteiger partial charge in [0.15, 0.2) is 5.78 Å². The molecule has 7 nitrogen and oxygen atoms in total. The Morgan fingerprint density at radius 3 is 2.64 bits per heavy atom. The molecule has 2 heterocycles. The highest BCUT2D eigenvalue weighted by molar-refractivity contribution is 5.98. The Morgan fingerprint density at radius 1 is 1.16 bits per heavy atom. The number of hydrogen-bond donors (Lipinski definition) is 1. The molecule has 1 atom stereocenters. The molecule has 0 saturated carbocycles. The van der Waals surface area contributed by atoms with Gasteiger partial charge in [-0.25, -0.2) is 0 Å². The third kappa shape index (κ3) is 3.99. The summed E-state index contributed by atoms with van der Waals surface area (Å²) >= 11 is 0. The van der Waals surface area contributed by atoms with E-state index >= 15 is 0 Å². The summed E-state index contributed by atoms with van der Waals surface area (Å²) in [5.41, 5.74) is 0.574. The van der Waals surface area contributed by atoms with Crippen molar-refractivity contribution in [2.24, 2.45) is 0 Å². The molecule has 2 amide bonds. The van der Waals surface area contributed by atoms with Crippen LogP contribution in [0.2, 0.25) is 0 Å². The number of amides is 2. The van der Waals surface area contributed by atoms with Gasteiger partial charge >= 0.3 is 0 Å². The van der Waals surface area contributed by atoms with Crippen LogP contribution in [0.15, 0.2) is 24.3 Å². The first-order valence-corrected chi connectivity index (χ1v) is 8.55. The number of hydrogen-bond acceptors (Lipinski definition) is 5. The van der Waals surface area contributed by atoms with Gasteiger partial charge in [-0.2, -0.15) is 0 Å². The predicted molar refractivity (Wildman–Crippen MR) is 91.5 cm³/mol. The zero-order valence-electron chi connectivity index (χ0n) is 14.4. The molecule has 2 saturated heterocycles. The van der Waals surface area contributed by atoms with Crippen molar-refractivity contribution in [3.63, 3.8) is 0 Å². The molecule has 3 rings (SSSR count). The quantitative estimate of drug-likeness (QED) is 0.777. The van der Waals surface area contributed by atoms with Crippen LogP contribution in [0.1, 0.15) is 23.2 Å². The lowest BCUT2D eigenvalue weighted by Crippen LogP contribution is -2.64. The Bertz CT molecular complexity index is 659. The van der Waals surface area contributed by atoms with Crippen LogP contribution in [0.4, 0.5) is 0 Å². The maximum atomic E-state index is 12.4. The Kier molecular flexibility index (Phi) is 5.33. The molecule has 0 aromatic heterocycles. The van der Waals surface area contributed by atoms with Crippen LogP contribution >= 0.6 is 0 Å². The Labute approximate surface area is 146 Å². The molecule has 1 unspecified atom stereocenters. The zero-order valence-corrected chi connectivity index (χ0v) is 14.4. The number of Topliss-reactive ketones (excluding diaryl/α,β-unsaturated/α-hetero) is 1. The molecular weight excluding hydrogens is 322 g/mol. The minimum atomic E-state index is -0.260. The molecule has 0 bridgehead atoms. The van der Waals surface area contributed by atoms with Gasteiger partial charge in [0.2, 0.25) is 11.8 Å². The van der Waals surface area contributed by atoms with Crippen molar-refractivity contribution in [2.75, 3.05) is 39.8 Å². The van der Waals surface area contributed by atoms with E-state index in [4.69, 9.17) is 4.74 Å². The number of methoxy groups -OCH3 is 1. The van der Waals surface area contributed by atoms with Gasteiger partial charge in [-0.3, -0.25) is 19.3 Å². The summed E-state index contributed by atoms with van der Waals surface area (Å²) in [5, 5.41) is 2.84. The minimum absolute atomic E-state index is 0.0157. The summed E-state index contributed by atoms with van der Waals surface area (Å²) in [6.45, 7) is 3.21. The zero-order chi connectivity index (χ0) is 17.8. The summed E-state index contributed by atoms with van der Waals surface area (Å²) in [7, 11) is 1.57. The molecule has 1 aromatic carbocycles. The highest BCUT2D eigenvalue weighted by Crippen LogP contribution is 2.16. The standard InChI is InChI=1S/C18H23N3O4/c1-25-14-4-2-13(3-5-14)16(22)6-7-17(23)21-11-10-20-9-8-19-18(24)15(20)12-21/h2-5,15H,6-12H2,1H3,(H,19,24). The average molecular weight is 345 g/mol. The maximum absolute atomic E-state index is 12.4. The molecule has 2 aliphatic rings. The smallest absolute Gasteiger partial charge is 0.239 e. The molecule has 1 N–H and O–H groups in total. The SMILES string of the molecule is COc1ccc(C(=O)CCC(=O)N2CCN3CCNC(=O)C3C2)cc1. The van der Waals surface area contributed by atoms with Gasteiger partial charge in [0.1, 0.15) is 11.8 Å². The fourth-order valence-corrected chi connectivity index (χ4v) is 3.30. The summed E-state index contributed by atoms with van der Waals surface area (Å²) in [6.07, 6.45) is 0.335. The largest absolute Gasteiger partial charge is 0.497 e. The Morgan fingerprint density at radius 2 is 1.92 bits per heavy atom. The van der Waals surface area contributed by atoms with Crippen molar-refractivity contribution in [3.8, 4) is 5.75 Å². The normalized spacial score (nSPS) is 20.6. The van der Waals surface area contributed by atoms with E-state index < -0.39 is 0 Å². The van der Waals surface area contributed by atoms with Gasteiger partial charge in [-0.05, 0) is 24.3 Å². The average Bonchev–Trinajstić information content (AvgIpc) is 2.66. The Balaban J connectivity index is 1.51. The topological polar surface area (TPSA) is 79.0 Å². The van der Waals surface area contributed by atoms with Crippen LogP contribution in [0.3, 0.4) is 0 Å². The number of fused-ring (bicyclic) bond motifs is 1. The lowest BCUT2D eigenvalue weighted by molar-refractivity contribution is -0.139. The fourth-order valence-electron chi connectivity index (χ4n) is 3.30. The predicted octanol–water partition coefficient (Wildman–Crippen LogP) is 0.301. The van der Waals surface area contributed by atoms with Gasteiger partial charge < -0.3 is 15.0 Å². The molecule has 2 fully saturated rings. The number of carbonyl (C=O) groups is 3. The van der Waals surface area contributed by atoms with Gasteiger partial charge in [-0.1, -0.05) is 0 Å². The van der Waals surface area contributed by atoms with E-state index in [1.165, 1.54) is 0 Å². The monoisotopic (exact) mass is 345 g/mol. The molecule has 7 heteroatoms. The first-order chi connectivity index (χ1) is 12.1. The van der Waals surface area contributed by atoms with E-state index in [0.29, 0.717) is 37.5 Å². The summed E-state index contributed by atoms with van der Waals surface area (Å²) < 4.78 is 5.07. The number of ketones is 1. The number of piperazine rings is 2. The molecular formula is C18H23N3O4. The van der Waals surface area contributed by atoms with Crippen molar-refractivity contribution in [1.29, 1.82) is 0 Å². The number of benzene rings is 1. The fraction of sp³-hybridized carbons (Fsp3) is 0.500. The van der Waals surface area contributed by atoms with Crippen LogP contribution in [-0.4, -0.2) is 73.3 Å². The van der Waals surface area contributed by atoms with Crippen LogP contribution < -0.4 is 10.1 Å². The van der Waals surface area contributed by atoms with E-state index in [-0.39, 0.29) is 36.5 Å². The van der Waals surface area contributed by atoms with Gasteiger partial charge in [0.25, 0.3) is 0 Å². The second-order valence-corrected chi connectivity index (χ2v) is 6.33. The second-order valence-electron chi connectivity index (χ2n) is 6.33. The molecule has 0 spiro atoms. The molecule has 134 valence electrons. The van der Waals surface area contributed by atoms with Crippen molar-refractivity contribution >= 4 is 17.6 Å². The number of ether oxygens (including phenoxy) is 1. The van der Waals surface area contributed by atoms with E-state index in [1.807, 2.05) is 0 Å². The number of carbonyl (C=O) groups excluding carboxylic acids is 3. The van der Waals surface area contributed by atoms with Gasteiger partial charge in [0, 0.05) is 51.1 Å². The maximum Gasteiger partial charge on any atom is 0.239 e. The number of nitrogens with zero attached hydrogens (tertiary/aromatic N) is 2. The molecule has 0 radical (unpaired) electrons. The van der Waals surface area contributed by atoms with Crippen molar-refractivity contribution < 1.29 is 19.1 Å². The summed E-state index contributed by atoms with van der Waals surface area (Å²) in [4.78, 5) is 40.4. The third-order valence-electron chi connectivity index (χ3n) is 4.82. The van der Waals surface area contributed by atoms with E-state index in [2.05, 4.69) is 10.2 Å². The molecule has 2 aliphatic heterocycles. The van der Waals surface area contributed by atoms with Crippen LogP contribution in [0.5, 0.6) is 5.75 Å². The molecule has 0 aliphatic carbocycles. The Hall–Kier alpha value is -2.41. The van der Waals surface area contributed by atoms with Gasteiger partial charge in [0.05, 0.1) is 7.11 Å². The minimum Gasteiger partial charge on any atom is -0.497 e. The van der Waals surface area contributed by atoms with E-state index in [9.17, 15) is 14.4 Å². The van der Waals surface area contributed by atoms with Crippen LogP contribution in [0.25, 0.3) is 0 Å². The molecule has 25 heavy (non-hydrogen) atoms. The van der Waals surface area contributed by atoms with Crippen molar-refractivity contribution in [2.45, 2.75) is 18.9 Å². The second kappa shape index (κ2) is 7.65. The third-order valence-corrected chi connectivity index (χ3v) is 4.82. The summed E-state index contributed by atoms with van der Waals surface area (Å²) in [5.74, 6) is 0.541. The summed E-state index contributed by atoms with van der Waals surface area (Å²) in [6, 6.07) is 6.61. The van der Waals surface area contributed by atoms with Crippen molar-refractivity contribution in [3.05, 3.63) is 29.8 Å². The lowest BCUT2D eigenvalue weighted by atomic mass is 10.0. The highest BCUT2D eigenvalue weighted by atomic mass is 16.5. The molecule has 1 aromatic rings. The van der Waals surface area contributed by atoms with Crippen molar-refractivity contribution in [1.82, 2.24) is 15.1 Å². The first-order valence-electron chi connectivity index (χ1n) is 8.55. The first kappa shape index (κ1) is 17.4. The lowest BCUT2D eigenvalue weighted by Gasteiger charge is -2.43. The van der Waals surface area contributed by atoms with E-state index in [0.717, 1.165) is 6.54 Å². The highest BCUT2D eigenvalue weighted by Gasteiger charge is 2.36. The van der Waals surface area contributed by atoms with Crippen LogP contribution in [-0.2, 0) is 9.59 Å². The van der Waals surface area contributed by atoms with E-state index in [1.54, 1.807) is 36.3 Å².